The van der Waals surface area contributed by atoms with Crippen LogP contribution in [0.3, 0.4) is 0 Å². The van der Waals surface area contributed by atoms with Crippen molar-refractivity contribution in [1.82, 2.24) is 5.32 Å². The molecular weight excluding hydrogens is 417 g/mol. The van der Waals surface area contributed by atoms with Gasteiger partial charge in [-0.25, -0.2) is 0 Å². The van der Waals surface area contributed by atoms with E-state index in [1.54, 1.807) is 0 Å². The van der Waals surface area contributed by atoms with Crippen molar-refractivity contribution in [2.45, 2.75) is 13.2 Å². The van der Waals surface area contributed by atoms with Crippen molar-refractivity contribution >= 4 is 38.5 Å². The van der Waals surface area contributed by atoms with Gasteiger partial charge in [0.25, 0.3) is 0 Å². The van der Waals surface area contributed by atoms with E-state index in [9.17, 15) is 0 Å². The van der Waals surface area contributed by atoms with Gasteiger partial charge in [0.1, 0.15) is 12.4 Å². The molecule has 0 aliphatic rings. The second-order valence-corrected chi connectivity index (χ2v) is 6.30. The topological polar surface area (TPSA) is 21.3 Å². The van der Waals surface area contributed by atoms with Gasteiger partial charge in [-0.1, -0.05) is 34.1 Å². The Hall–Kier alpha value is -0.590. The van der Waals surface area contributed by atoms with E-state index in [1.807, 2.05) is 25.2 Å². The summed E-state index contributed by atoms with van der Waals surface area (Å²) in [6.07, 6.45) is 0. The molecule has 0 aromatic heterocycles. The maximum absolute atomic E-state index is 5.80. The Bertz CT molecular complexity index is 560. The van der Waals surface area contributed by atoms with E-state index >= 15 is 0 Å². The lowest BCUT2D eigenvalue weighted by Gasteiger charge is -2.10. The van der Waals surface area contributed by atoms with Gasteiger partial charge in [-0.3, -0.25) is 0 Å². The highest BCUT2D eigenvalue weighted by Crippen LogP contribution is 2.22. The van der Waals surface area contributed by atoms with Gasteiger partial charge >= 0.3 is 0 Å². The second-order valence-electron chi connectivity index (χ2n) is 4.20. The summed E-state index contributed by atoms with van der Waals surface area (Å²) < 4.78 is 8.07. The summed E-state index contributed by atoms with van der Waals surface area (Å²) >= 11 is 5.88. The molecule has 0 amide bonds. The first-order valence-corrected chi connectivity index (χ1v) is 7.86. The molecule has 2 aromatic rings. The summed E-state index contributed by atoms with van der Waals surface area (Å²) in [6, 6.07) is 14.4. The standard InChI is InChI=1S/C15H15BrINO/c1-18-9-11-5-6-12(15(16)7-11)10-19-14-4-2-3-13(17)8-14/h2-8,18H,9-10H2,1H3. The van der Waals surface area contributed by atoms with E-state index in [4.69, 9.17) is 4.74 Å². The molecule has 4 heteroatoms. The average molecular weight is 432 g/mol. The Kier molecular flexibility index (Phi) is 5.66. The fourth-order valence-corrected chi connectivity index (χ4v) is 2.80. The molecule has 0 aliphatic heterocycles. The minimum absolute atomic E-state index is 0.570. The number of benzene rings is 2. The first kappa shape index (κ1) is 14.8. The van der Waals surface area contributed by atoms with E-state index in [1.165, 1.54) is 9.13 Å². The molecule has 100 valence electrons. The number of halogens is 2. The minimum Gasteiger partial charge on any atom is -0.489 e. The smallest absolute Gasteiger partial charge is 0.120 e. The van der Waals surface area contributed by atoms with Crippen LogP contribution in [0.25, 0.3) is 0 Å². The van der Waals surface area contributed by atoms with Crippen LogP contribution in [0.2, 0.25) is 0 Å². The summed E-state index contributed by atoms with van der Waals surface area (Å²) in [5.41, 5.74) is 2.41. The van der Waals surface area contributed by atoms with Crippen molar-refractivity contribution in [3.8, 4) is 5.75 Å². The molecule has 0 unspecified atom stereocenters. The number of hydrogen-bond acceptors (Lipinski definition) is 2. The molecule has 1 N–H and O–H groups in total. The van der Waals surface area contributed by atoms with Crippen molar-refractivity contribution in [2.75, 3.05) is 7.05 Å². The van der Waals surface area contributed by atoms with Crippen LogP contribution in [-0.4, -0.2) is 7.05 Å². The highest BCUT2D eigenvalue weighted by molar-refractivity contribution is 14.1. The third kappa shape index (κ3) is 4.47. The average Bonchev–Trinajstić information content (AvgIpc) is 2.38. The maximum Gasteiger partial charge on any atom is 0.120 e. The molecule has 0 heterocycles. The molecule has 19 heavy (non-hydrogen) atoms. The number of rotatable bonds is 5. The predicted octanol–water partition coefficient (Wildman–Crippen LogP) is 4.35. The molecule has 0 bridgehead atoms. The Labute approximate surface area is 135 Å². The second kappa shape index (κ2) is 7.26. The highest BCUT2D eigenvalue weighted by Gasteiger charge is 2.03. The SMILES string of the molecule is CNCc1ccc(COc2cccc(I)c2)c(Br)c1. The van der Waals surface area contributed by atoms with Crippen LogP contribution >= 0.6 is 38.5 Å². The number of ether oxygens (including phenoxy) is 1. The van der Waals surface area contributed by atoms with E-state index in [0.29, 0.717) is 6.61 Å². The first-order valence-electron chi connectivity index (χ1n) is 5.99. The first-order chi connectivity index (χ1) is 9.19. The molecule has 0 radical (unpaired) electrons. The van der Waals surface area contributed by atoms with Crippen molar-refractivity contribution in [2.24, 2.45) is 0 Å². The molecule has 0 spiro atoms. The van der Waals surface area contributed by atoms with Crippen LogP contribution in [0.5, 0.6) is 5.75 Å². The Morgan fingerprint density at radius 2 is 2.05 bits per heavy atom. The van der Waals surface area contributed by atoms with Gasteiger partial charge in [0.2, 0.25) is 0 Å². The zero-order valence-electron chi connectivity index (χ0n) is 10.6. The van der Waals surface area contributed by atoms with Crippen LogP contribution in [-0.2, 0) is 13.2 Å². The van der Waals surface area contributed by atoms with Gasteiger partial charge in [0.15, 0.2) is 0 Å². The van der Waals surface area contributed by atoms with Crippen molar-refractivity contribution in [3.63, 3.8) is 0 Å². The summed E-state index contributed by atoms with van der Waals surface area (Å²) in [5, 5.41) is 3.14. The number of hydrogen-bond donors (Lipinski definition) is 1. The van der Waals surface area contributed by atoms with Gasteiger partial charge in [-0.15, -0.1) is 0 Å². The molecule has 0 aliphatic carbocycles. The molecule has 2 nitrogen and oxygen atoms in total. The summed E-state index contributed by atoms with van der Waals surface area (Å²) in [5.74, 6) is 0.901. The van der Waals surface area contributed by atoms with Crippen LogP contribution in [0.1, 0.15) is 11.1 Å². The predicted molar refractivity (Wildman–Crippen MR) is 90.4 cm³/mol. The number of nitrogens with one attached hydrogen (secondary N) is 1. The quantitative estimate of drug-likeness (QED) is 0.710. The van der Waals surface area contributed by atoms with Crippen molar-refractivity contribution < 1.29 is 4.74 Å². The lowest BCUT2D eigenvalue weighted by Crippen LogP contribution is -2.05. The third-order valence-corrected chi connectivity index (χ3v) is 4.10. The lowest BCUT2D eigenvalue weighted by atomic mass is 10.1. The monoisotopic (exact) mass is 431 g/mol. The van der Waals surface area contributed by atoms with Gasteiger partial charge in [-0.2, -0.15) is 0 Å². The Morgan fingerprint density at radius 3 is 2.74 bits per heavy atom. The van der Waals surface area contributed by atoms with Gasteiger partial charge < -0.3 is 10.1 Å². The molecule has 2 rings (SSSR count). The van der Waals surface area contributed by atoms with Crippen LogP contribution < -0.4 is 10.1 Å². The molecular formula is C15H15BrINO. The molecule has 0 saturated heterocycles. The van der Waals surface area contributed by atoms with Gasteiger partial charge in [0.05, 0.1) is 0 Å². The highest BCUT2D eigenvalue weighted by atomic mass is 127. The van der Waals surface area contributed by atoms with Crippen molar-refractivity contribution in [3.05, 3.63) is 61.6 Å². The summed E-state index contributed by atoms with van der Waals surface area (Å²) in [7, 11) is 1.95. The van der Waals surface area contributed by atoms with Crippen LogP contribution in [0, 0.1) is 3.57 Å². The van der Waals surface area contributed by atoms with Gasteiger partial charge in [-0.05, 0) is 59.5 Å². The van der Waals surface area contributed by atoms with E-state index in [2.05, 4.69) is 68.1 Å². The molecule has 0 saturated carbocycles. The fourth-order valence-electron chi connectivity index (χ4n) is 1.74. The van der Waals surface area contributed by atoms with Crippen molar-refractivity contribution in [1.29, 1.82) is 0 Å². The van der Waals surface area contributed by atoms with Gasteiger partial charge in [0, 0.05) is 20.2 Å². The summed E-state index contributed by atoms with van der Waals surface area (Å²) in [4.78, 5) is 0. The minimum atomic E-state index is 0.570. The van der Waals surface area contributed by atoms with E-state index in [-0.39, 0.29) is 0 Å². The lowest BCUT2D eigenvalue weighted by molar-refractivity contribution is 0.305. The third-order valence-electron chi connectivity index (χ3n) is 2.69. The van der Waals surface area contributed by atoms with Crippen LogP contribution in [0.15, 0.2) is 46.9 Å². The Balaban J connectivity index is 2.03. The van der Waals surface area contributed by atoms with E-state index in [0.717, 1.165) is 22.3 Å². The maximum atomic E-state index is 5.80. The zero-order valence-corrected chi connectivity index (χ0v) is 14.4. The molecule has 2 aromatic carbocycles. The fraction of sp³-hybridized carbons (Fsp3) is 0.200. The Morgan fingerprint density at radius 1 is 1.21 bits per heavy atom. The van der Waals surface area contributed by atoms with E-state index < -0.39 is 0 Å². The largest absolute Gasteiger partial charge is 0.489 e. The molecule has 0 atom stereocenters. The van der Waals surface area contributed by atoms with Crippen LogP contribution in [0.4, 0.5) is 0 Å². The summed E-state index contributed by atoms with van der Waals surface area (Å²) in [6.45, 7) is 1.44. The normalized spacial score (nSPS) is 10.5. The molecule has 0 fully saturated rings. The zero-order chi connectivity index (χ0) is 13.7.